The summed E-state index contributed by atoms with van der Waals surface area (Å²) >= 11 is 5.41. The van der Waals surface area contributed by atoms with Crippen molar-refractivity contribution in [2.75, 3.05) is 11.9 Å². The van der Waals surface area contributed by atoms with Crippen molar-refractivity contribution in [3.8, 4) is 17.0 Å². The van der Waals surface area contributed by atoms with Crippen molar-refractivity contribution in [1.82, 2.24) is 10.3 Å². The molecule has 200 valence electrons. The normalized spacial score (nSPS) is 10.8. The van der Waals surface area contributed by atoms with Crippen LogP contribution in [0.25, 0.3) is 22.2 Å². The molecule has 0 atom stereocenters. The zero-order valence-electron chi connectivity index (χ0n) is 22.2. The molecule has 0 bridgehead atoms. The summed E-state index contributed by atoms with van der Waals surface area (Å²) in [6, 6.07) is 23.6. The number of esters is 1. The summed E-state index contributed by atoms with van der Waals surface area (Å²) in [4.78, 5) is 30.3. The number of hydrogen-bond donors (Lipinski definition) is 2. The van der Waals surface area contributed by atoms with E-state index in [0.29, 0.717) is 40.0 Å². The maximum absolute atomic E-state index is 13.4. The second-order valence-corrected chi connectivity index (χ2v) is 9.65. The van der Waals surface area contributed by atoms with Gasteiger partial charge in [0.25, 0.3) is 5.91 Å². The number of ether oxygens (including phenoxy) is 2. The topological polar surface area (TPSA) is 89.6 Å². The maximum atomic E-state index is 13.4. The highest BCUT2D eigenvalue weighted by Gasteiger charge is 2.16. The lowest BCUT2D eigenvalue weighted by molar-refractivity contribution is 0.0499. The summed E-state index contributed by atoms with van der Waals surface area (Å²) in [5, 5.41) is 6.60. The first-order chi connectivity index (χ1) is 18.8. The third-order valence-electron chi connectivity index (χ3n) is 5.80. The summed E-state index contributed by atoms with van der Waals surface area (Å²) in [6.07, 6.45) is 1.82. The third-order valence-corrected chi connectivity index (χ3v) is 6.00. The smallest absolute Gasteiger partial charge is 0.338 e. The molecule has 0 aliphatic rings. The van der Waals surface area contributed by atoms with Gasteiger partial charge in [-0.1, -0.05) is 43.7 Å². The van der Waals surface area contributed by atoms with E-state index in [4.69, 9.17) is 26.7 Å². The van der Waals surface area contributed by atoms with Gasteiger partial charge in [-0.3, -0.25) is 10.1 Å². The lowest BCUT2D eigenvalue weighted by Crippen LogP contribution is -2.34. The Morgan fingerprint density at radius 2 is 1.74 bits per heavy atom. The fourth-order valence-electron chi connectivity index (χ4n) is 3.93. The lowest BCUT2D eigenvalue weighted by atomic mass is 10.0. The van der Waals surface area contributed by atoms with E-state index >= 15 is 0 Å². The van der Waals surface area contributed by atoms with Crippen LogP contribution in [0.3, 0.4) is 0 Å². The summed E-state index contributed by atoms with van der Waals surface area (Å²) < 4.78 is 11.1. The Kier molecular flexibility index (Phi) is 9.22. The van der Waals surface area contributed by atoms with Crippen molar-refractivity contribution in [1.29, 1.82) is 0 Å². The Balaban J connectivity index is 1.50. The lowest BCUT2D eigenvalue weighted by Gasteiger charge is -2.14. The molecule has 39 heavy (non-hydrogen) atoms. The maximum Gasteiger partial charge on any atom is 0.338 e. The molecule has 3 aromatic carbocycles. The molecule has 7 nitrogen and oxygen atoms in total. The fourth-order valence-corrected chi connectivity index (χ4v) is 4.14. The minimum Gasteiger partial charge on any atom is -0.491 e. The standard InChI is InChI=1S/C31H31N3O4S/c1-4-5-17-37-30(36)21-13-15-23(16-14-21)32-31(39)34-29(35)26-19-28(33-27-12-7-6-11-25(26)27)22-9-8-10-24(18-22)38-20(2)3/h6-16,18-20H,4-5,17H2,1-3H3,(H2,32,34,35,39). The van der Waals surface area contributed by atoms with E-state index in [1.54, 1.807) is 30.3 Å². The number of carbonyl (C=O) groups excluding carboxylic acids is 2. The number of amides is 1. The minimum absolute atomic E-state index is 0.0375. The molecule has 0 aliphatic heterocycles. The van der Waals surface area contributed by atoms with Crippen molar-refractivity contribution >= 4 is 45.8 Å². The van der Waals surface area contributed by atoms with Crippen molar-refractivity contribution in [3.63, 3.8) is 0 Å². The largest absolute Gasteiger partial charge is 0.491 e. The van der Waals surface area contributed by atoms with E-state index in [2.05, 4.69) is 10.6 Å². The van der Waals surface area contributed by atoms with Crippen LogP contribution >= 0.6 is 12.2 Å². The summed E-state index contributed by atoms with van der Waals surface area (Å²) in [6.45, 7) is 6.37. The van der Waals surface area contributed by atoms with Crippen LogP contribution in [-0.2, 0) is 4.74 Å². The van der Waals surface area contributed by atoms with Gasteiger partial charge in [0.2, 0.25) is 0 Å². The van der Waals surface area contributed by atoms with Crippen molar-refractivity contribution in [3.05, 3.63) is 90.0 Å². The van der Waals surface area contributed by atoms with Crippen LogP contribution in [0, 0.1) is 0 Å². The van der Waals surface area contributed by atoms with Gasteiger partial charge < -0.3 is 14.8 Å². The molecule has 0 aliphatic carbocycles. The number of fused-ring (bicyclic) bond motifs is 1. The van der Waals surface area contributed by atoms with Crippen LogP contribution in [0.5, 0.6) is 5.75 Å². The number of unbranched alkanes of at least 4 members (excludes halogenated alkanes) is 1. The molecule has 4 rings (SSSR count). The Hall–Kier alpha value is -4.30. The Morgan fingerprint density at radius 1 is 0.974 bits per heavy atom. The second-order valence-electron chi connectivity index (χ2n) is 9.24. The Labute approximate surface area is 233 Å². The van der Waals surface area contributed by atoms with E-state index in [1.165, 1.54) is 0 Å². The zero-order chi connectivity index (χ0) is 27.8. The van der Waals surface area contributed by atoms with Crippen molar-refractivity contribution in [2.45, 2.75) is 39.7 Å². The minimum atomic E-state index is -0.368. The van der Waals surface area contributed by atoms with Crippen LogP contribution in [-0.4, -0.2) is 34.7 Å². The summed E-state index contributed by atoms with van der Waals surface area (Å²) in [5.41, 5.74) is 3.70. The van der Waals surface area contributed by atoms with E-state index in [0.717, 1.165) is 24.2 Å². The quantitative estimate of drug-likeness (QED) is 0.137. The van der Waals surface area contributed by atoms with Gasteiger partial charge in [-0.25, -0.2) is 9.78 Å². The van der Waals surface area contributed by atoms with Crippen molar-refractivity contribution in [2.24, 2.45) is 0 Å². The van der Waals surface area contributed by atoms with Crippen LogP contribution < -0.4 is 15.4 Å². The van der Waals surface area contributed by atoms with Crippen LogP contribution in [0.4, 0.5) is 5.69 Å². The number of para-hydroxylation sites is 1. The predicted molar refractivity (Wildman–Crippen MR) is 158 cm³/mol. The number of benzene rings is 3. The molecule has 2 N–H and O–H groups in total. The molecule has 0 fully saturated rings. The first-order valence-corrected chi connectivity index (χ1v) is 13.3. The molecule has 0 saturated carbocycles. The highest BCUT2D eigenvalue weighted by atomic mass is 32.1. The van der Waals surface area contributed by atoms with E-state index in [-0.39, 0.29) is 23.1 Å². The van der Waals surface area contributed by atoms with Gasteiger partial charge in [0.15, 0.2) is 5.11 Å². The Morgan fingerprint density at radius 3 is 2.49 bits per heavy atom. The molecule has 8 heteroatoms. The molecule has 0 spiro atoms. The molecular weight excluding hydrogens is 510 g/mol. The van der Waals surface area contributed by atoms with Gasteiger partial charge in [-0.05, 0) is 81.0 Å². The number of thiocarbonyl (C=S) groups is 1. The van der Waals surface area contributed by atoms with Crippen molar-refractivity contribution < 1.29 is 19.1 Å². The molecule has 1 heterocycles. The fraction of sp³-hybridized carbons (Fsp3) is 0.226. The molecule has 4 aromatic rings. The average molecular weight is 542 g/mol. The highest BCUT2D eigenvalue weighted by molar-refractivity contribution is 7.80. The first-order valence-electron chi connectivity index (χ1n) is 12.9. The van der Waals surface area contributed by atoms with E-state index < -0.39 is 0 Å². The number of nitrogens with one attached hydrogen (secondary N) is 2. The number of anilines is 1. The molecule has 0 unspecified atom stereocenters. The SMILES string of the molecule is CCCCOC(=O)c1ccc(NC(=S)NC(=O)c2cc(-c3cccc(OC(C)C)c3)nc3ccccc23)cc1. The number of rotatable bonds is 9. The number of nitrogens with zero attached hydrogens (tertiary/aromatic N) is 1. The molecular formula is C31H31N3O4S. The summed E-state index contributed by atoms with van der Waals surface area (Å²) in [7, 11) is 0. The van der Waals surface area contributed by atoms with Crippen LogP contribution in [0.2, 0.25) is 0 Å². The van der Waals surface area contributed by atoms with Gasteiger partial charge in [-0.15, -0.1) is 0 Å². The van der Waals surface area contributed by atoms with Crippen LogP contribution in [0.1, 0.15) is 54.3 Å². The van der Waals surface area contributed by atoms with Gasteiger partial charge >= 0.3 is 5.97 Å². The number of aromatic nitrogens is 1. The van der Waals surface area contributed by atoms with E-state index in [1.807, 2.05) is 69.3 Å². The van der Waals surface area contributed by atoms with Crippen LogP contribution in [0.15, 0.2) is 78.9 Å². The predicted octanol–water partition coefficient (Wildman–Crippen LogP) is 6.77. The molecule has 1 amide bonds. The monoisotopic (exact) mass is 541 g/mol. The zero-order valence-corrected chi connectivity index (χ0v) is 23.0. The number of hydrogen-bond acceptors (Lipinski definition) is 6. The summed E-state index contributed by atoms with van der Waals surface area (Å²) in [5.74, 6) is -0.000288. The third kappa shape index (κ3) is 7.39. The van der Waals surface area contributed by atoms with Gasteiger partial charge in [0.05, 0.1) is 35.0 Å². The molecule has 0 saturated heterocycles. The molecule has 0 radical (unpaired) electrons. The number of pyridine rings is 1. The van der Waals surface area contributed by atoms with Gasteiger partial charge in [0, 0.05) is 16.6 Å². The molecule has 1 aromatic heterocycles. The second kappa shape index (κ2) is 13.0. The highest BCUT2D eigenvalue weighted by Crippen LogP contribution is 2.27. The first kappa shape index (κ1) is 27.7. The van der Waals surface area contributed by atoms with E-state index in [9.17, 15) is 9.59 Å². The Bertz CT molecular complexity index is 1490. The van der Waals surface area contributed by atoms with Gasteiger partial charge in [-0.2, -0.15) is 0 Å². The van der Waals surface area contributed by atoms with Gasteiger partial charge in [0.1, 0.15) is 5.75 Å². The number of carbonyl (C=O) groups is 2. The average Bonchev–Trinajstić information content (AvgIpc) is 2.92.